The number of rotatable bonds is 8. The molecule has 2 aromatic heterocycles. The fourth-order valence-corrected chi connectivity index (χ4v) is 6.02. The lowest BCUT2D eigenvalue weighted by atomic mass is 10.0. The molecule has 8 nitrogen and oxygen atoms in total. The maximum absolute atomic E-state index is 11.8. The smallest absolute Gasteiger partial charge is 0.229 e. The van der Waals surface area contributed by atoms with Crippen molar-refractivity contribution < 1.29 is 17.6 Å². The zero-order valence-electron chi connectivity index (χ0n) is 20.3. The van der Waals surface area contributed by atoms with Gasteiger partial charge in [0.15, 0.2) is 10.2 Å². The van der Waals surface area contributed by atoms with Crippen LogP contribution in [0.25, 0.3) is 0 Å². The average Bonchev–Trinajstić information content (AvgIpc) is 3.49. The van der Waals surface area contributed by atoms with Gasteiger partial charge in [0, 0.05) is 27.9 Å². The van der Waals surface area contributed by atoms with Gasteiger partial charge in [-0.25, -0.2) is 8.42 Å². The first-order chi connectivity index (χ1) is 18.2. The molecule has 3 heterocycles. The number of nitrogens with zero attached hydrogens (tertiary/aromatic N) is 2. The lowest BCUT2D eigenvalue weighted by molar-refractivity contribution is 0.383. The number of aromatic nitrogens is 1. The summed E-state index contributed by atoms with van der Waals surface area (Å²) in [5.41, 5.74) is 1.83. The Hall–Kier alpha value is -3.25. The summed E-state index contributed by atoms with van der Waals surface area (Å²) >= 11 is 13.3. The average molecular weight is 587 g/mol. The SMILES string of the molecule is COc1cc(N2C(=S)N[C@H](c3ccccn3)[C@H]2c2ccc(Sc3ccc(Cl)cc3)o2)ccc1NS(C)(=O)=O. The second-order valence-corrected chi connectivity index (χ2v) is 12.1. The Morgan fingerprint density at radius 1 is 1.13 bits per heavy atom. The molecule has 0 radical (unpaired) electrons. The van der Waals surface area contributed by atoms with E-state index in [0.717, 1.165) is 16.8 Å². The third kappa shape index (κ3) is 5.75. The Bertz CT molecular complexity index is 1560. The van der Waals surface area contributed by atoms with Crippen LogP contribution in [-0.2, 0) is 10.0 Å². The lowest BCUT2D eigenvalue weighted by Crippen LogP contribution is -2.29. The minimum absolute atomic E-state index is 0.303. The van der Waals surface area contributed by atoms with Crippen LogP contribution in [0.4, 0.5) is 11.4 Å². The predicted molar refractivity (Wildman–Crippen MR) is 154 cm³/mol. The van der Waals surface area contributed by atoms with Crippen LogP contribution in [0.15, 0.2) is 93.4 Å². The van der Waals surface area contributed by atoms with Crippen LogP contribution in [0.5, 0.6) is 5.75 Å². The van der Waals surface area contributed by atoms with Crippen LogP contribution >= 0.6 is 35.6 Å². The lowest BCUT2D eigenvalue weighted by Gasteiger charge is -2.26. The van der Waals surface area contributed by atoms with Crippen molar-refractivity contribution in [3.63, 3.8) is 0 Å². The van der Waals surface area contributed by atoms with Crippen molar-refractivity contribution in [2.75, 3.05) is 23.0 Å². The number of pyridine rings is 1. The number of halogens is 1. The van der Waals surface area contributed by atoms with Gasteiger partial charge in [0.2, 0.25) is 10.0 Å². The van der Waals surface area contributed by atoms with E-state index in [4.69, 9.17) is 33.0 Å². The Morgan fingerprint density at radius 3 is 2.61 bits per heavy atom. The number of anilines is 2. The van der Waals surface area contributed by atoms with Crippen molar-refractivity contribution in [2.45, 2.75) is 22.1 Å². The molecule has 0 unspecified atom stereocenters. The van der Waals surface area contributed by atoms with Crippen molar-refractivity contribution in [3.05, 3.63) is 95.5 Å². The molecule has 0 saturated carbocycles. The largest absolute Gasteiger partial charge is 0.494 e. The van der Waals surface area contributed by atoms with Gasteiger partial charge in [-0.15, -0.1) is 0 Å². The molecule has 1 fully saturated rings. The number of ether oxygens (including phenoxy) is 1. The molecule has 2 atom stereocenters. The highest BCUT2D eigenvalue weighted by atomic mass is 35.5. The minimum Gasteiger partial charge on any atom is -0.494 e. The summed E-state index contributed by atoms with van der Waals surface area (Å²) in [5.74, 6) is 1.04. The molecule has 1 aliphatic heterocycles. The Kier molecular flexibility index (Phi) is 7.53. The molecule has 0 aliphatic carbocycles. The van der Waals surface area contributed by atoms with E-state index in [-0.39, 0.29) is 12.1 Å². The maximum atomic E-state index is 11.8. The van der Waals surface area contributed by atoms with E-state index in [1.807, 2.05) is 59.5 Å². The van der Waals surface area contributed by atoms with Gasteiger partial charge < -0.3 is 19.4 Å². The summed E-state index contributed by atoms with van der Waals surface area (Å²) in [6, 6.07) is 21.6. The fourth-order valence-electron chi connectivity index (χ4n) is 4.20. The van der Waals surface area contributed by atoms with E-state index in [2.05, 4.69) is 15.0 Å². The molecule has 5 rings (SSSR count). The number of thiocarbonyl (C=S) groups is 1. The van der Waals surface area contributed by atoms with Crippen molar-refractivity contribution in [1.82, 2.24) is 10.3 Å². The molecule has 1 saturated heterocycles. The van der Waals surface area contributed by atoms with Gasteiger partial charge in [-0.1, -0.05) is 29.4 Å². The van der Waals surface area contributed by atoms with Crippen LogP contribution in [0.3, 0.4) is 0 Å². The molecule has 0 amide bonds. The molecule has 0 spiro atoms. The predicted octanol–water partition coefficient (Wildman–Crippen LogP) is 6.04. The maximum Gasteiger partial charge on any atom is 0.229 e. The normalized spacial score (nSPS) is 17.3. The van der Waals surface area contributed by atoms with Crippen molar-refractivity contribution in [3.8, 4) is 5.75 Å². The first-order valence-corrected chi connectivity index (χ1v) is 14.9. The molecule has 38 heavy (non-hydrogen) atoms. The van der Waals surface area contributed by atoms with E-state index >= 15 is 0 Å². The quantitative estimate of drug-likeness (QED) is 0.240. The van der Waals surface area contributed by atoms with Crippen LogP contribution in [0.1, 0.15) is 23.5 Å². The number of hydrogen-bond donors (Lipinski definition) is 2. The monoisotopic (exact) mass is 586 g/mol. The van der Waals surface area contributed by atoms with Gasteiger partial charge in [-0.2, -0.15) is 0 Å². The van der Waals surface area contributed by atoms with E-state index < -0.39 is 10.0 Å². The molecule has 2 aromatic carbocycles. The zero-order chi connectivity index (χ0) is 26.9. The molecule has 12 heteroatoms. The topological polar surface area (TPSA) is 96.7 Å². The van der Waals surface area contributed by atoms with Crippen LogP contribution < -0.4 is 19.7 Å². The highest BCUT2D eigenvalue weighted by Gasteiger charge is 2.42. The summed E-state index contributed by atoms with van der Waals surface area (Å²) in [5, 5.41) is 5.24. The van der Waals surface area contributed by atoms with E-state index in [0.29, 0.717) is 38.1 Å². The number of furan rings is 1. The Balaban J connectivity index is 1.54. The minimum atomic E-state index is -3.49. The standard InChI is InChI=1S/C26H23ClN4O4S3/c1-34-22-15-17(8-11-19(22)30-38(2,32)33)31-25(24(29-26(31)36)20-5-3-4-14-28-20)21-12-13-23(35-21)37-18-9-6-16(27)7-10-18/h3-15,24-25,30H,1-2H3,(H,29,36)/t24-,25-/m1/s1. The van der Waals surface area contributed by atoms with E-state index in [9.17, 15) is 8.42 Å². The van der Waals surface area contributed by atoms with Gasteiger partial charge >= 0.3 is 0 Å². The number of benzene rings is 2. The number of hydrogen-bond acceptors (Lipinski definition) is 7. The number of sulfonamides is 1. The highest BCUT2D eigenvalue weighted by molar-refractivity contribution is 7.99. The molecular weight excluding hydrogens is 564 g/mol. The van der Waals surface area contributed by atoms with Crippen LogP contribution in [-0.4, -0.2) is 31.9 Å². The van der Waals surface area contributed by atoms with Crippen molar-refractivity contribution in [2.24, 2.45) is 0 Å². The highest BCUT2D eigenvalue weighted by Crippen LogP contribution is 2.44. The summed E-state index contributed by atoms with van der Waals surface area (Å²) in [4.78, 5) is 7.48. The third-order valence-corrected chi connectivity index (χ3v) is 7.87. The van der Waals surface area contributed by atoms with Crippen LogP contribution in [0.2, 0.25) is 5.02 Å². The summed E-state index contributed by atoms with van der Waals surface area (Å²) < 4.78 is 37.9. The number of methoxy groups -OCH3 is 1. The van der Waals surface area contributed by atoms with Gasteiger partial charge in [0.1, 0.15) is 17.6 Å². The molecule has 1 aliphatic rings. The molecule has 4 aromatic rings. The van der Waals surface area contributed by atoms with Crippen molar-refractivity contribution in [1.29, 1.82) is 0 Å². The molecule has 2 N–H and O–H groups in total. The Labute approximate surface area is 235 Å². The summed E-state index contributed by atoms with van der Waals surface area (Å²) in [7, 11) is -2.01. The first kappa shape index (κ1) is 26.4. The molecule has 196 valence electrons. The van der Waals surface area contributed by atoms with E-state index in [1.54, 1.807) is 24.4 Å². The fraction of sp³-hybridized carbons (Fsp3) is 0.154. The van der Waals surface area contributed by atoms with Crippen LogP contribution in [0, 0.1) is 0 Å². The summed E-state index contributed by atoms with van der Waals surface area (Å²) in [6.07, 6.45) is 2.82. The first-order valence-electron chi connectivity index (χ1n) is 11.4. The molecular formula is C26H23ClN4O4S3. The second kappa shape index (κ2) is 10.9. The Morgan fingerprint density at radius 2 is 1.92 bits per heavy atom. The summed E-state index contributed by atoms with van der Waals surface area (Å²) in [6.45, 7) is 0. The van der Waals surface area contributed by atoms with Crippen molar-refractivity contribution >= 4 is 62.1 Å². The third-order valence-electron chi connectivity index (χ3n) is 5.78. The second-order valence-electron chi connectivity index (χ2n) is 8.47. The number of nitrogens with one attached hydrogen (secondary N) is 2. The van der Waals surface area contributed by atoms with Gasteiger partial charge in [0.25, 0.3) is 0 Å². The zero-order valence-corrected chi connectivity index (χ0v) is 23.5. The van der Waals surface area contributed by atoms with Gasteiger partial charge in [-0.3, -0.25) is 9.71 Å². The van der Waals surface area contributed by atoms with Gasteiger partial charge in [-0.05, 0) is 72.9 Å². The van der Waals surface area contributed by atoms with Gasteiger partial charge in [0.05, 0.1) is 30.8 Å². The molecule has 0 bridgehead atoms. The van der Waals surface area contributed by atoms with E-state index in [1.165, 1.54) is 18.9 Å².